The molecule has 0 aliphatic carbocycles. The maximum absolute atomic E-state index is 7.26. The summed E-state index contributed by atoms with van der Waals surface area (Å²) in [4.78, 5) is 0. The van der Waals surface area contributed by atoms with Gasteiger partial charge in [0.25, 0.3) is 0 Å². The van der Waals surface area contributed by atoms with Crippen LogP contribution in [0.3, 0.4) is 0 Å². The number of nitriles is 2. The largest absolute Gasteiger partial charge is 1.00 e. The molecule has 0 saturated carbocycles. The number of halogens is 1. The minimum Gasteiger partial charge on any atom is -1.00 e. The predicted molar refractivity (Wildman–Crippen MR) is 102 cm³/mol. The van der Waals surface area contributed by atoms with Gasteiger partial charge in [-0.3, -0.25) is 0 Å². The van der Waals surface area contributed by atoms with Crippen molar-refractivity contribution < 1.29 is 17.0 Å². The second kappa shape index (κ2) is 10.4. The fourth-order valence-electron chi connectivity index (χ4n) is 2.63. The molecule has 2 nitrogen and oxygen atoms in total. The number of hydrogen-bond donors (Lipinski definition) is 0. The van der Waals surface area contributed by atoms with Crippen LogP contribution >= 0.6 is 7.26 Å². The molecule has 0 heterocycles. The lowest BCUT2D eigenvalue weighted by atomic mass is 10.4. The molecule has 0 atom stereocenters. The maximum Gasteiger partial charge on any atom is 0.181 e. The highest BCUT2D eigenvalue weighted by Crippen LogP contribution is 2.51. The Bertz CT molecular complexity index is 729. The SMILES string of the molecule is C[P+](c1ccccc1)(c1ccccc1)c1ccccc1.N#CC#N.[Br-]. The Morgan fingerprint density at radius 3 is 1.00 bits per heavy atom. The number of hydrogen-bond acceptors (Lipinski definition) is 2. The number of nitrogens with zero attached hydrogens (tertiary/aromatic N) is 2. The highest BCUT2D eigenvalue weighted by Gasteiger charge is 2.39. The van der Waals surface area contributed by atoms with Crippen molar-refractivity contribution in [1.82, 2.24) is 0 Å². The minimum absolute atomic E-state index is 0. The Balaban J connectivity index is 0.000000568. The quantitative estimate of drug-likeness (QED) is 0.597. The molecule has 0 amide bonds. The van der Waals surface area contributed by atoms with E-state index in [1.165, 1.54) is 28.1 Å². The normalized spacial score (nSPS) is 9.40. The summed E-state index contributed by atoms with van der Waals surface area (Å²) in [6.45, 7) is 2.41. The third-order valence-corrected chi connectivity index (χ3v) is 7.86. The van der Waals surface area contributed by atoms with E-state index in [0.717, 1.165) is 0 Å². The van der Waals surface area contributed by atoms with Crippen LogP contribution in [0.2, 0.25) is 0 Å². The van der Waals surface area contributed by atoms with Crippen molar-refractivity contribution in [3.8, 4) is 12.1 Å². The van der Waals surface area contributed by atoms with Gasteiger partial charge in [-0.15, -0.1) is 0 Å². The summed E-state index contributed by atoms with van der Waals surface area (Å²) in [5.41, 5.74) is 0. The fourth-order valence-corrected chi connectivity index (χ4v) is 5.83. The summed E-state index contributed by atoms with van der Waals surface area (Å²) in [5, 5.41) is 18.8. The molecule has 0 N–H and O–H groups in total. The smallest absolute Gasteiger partial charge is 0.181 e. The summed E-state index contributed by atoms with van der Waals surface area (Å²) in [6.07, 6.45) is 0. The molecule has 4 heteroatoms. The van der Waals surface area contributed by atoms with Crippen molar-refractivity contribution in [2.24, 2.45) is 0 Å². The molecule has 0 unspecified atom stereocenters. The first-order valence-corrected chi connectivity index (χ1v) is 9.78. The molecule has 0 aliphatic heterocycles. The number of rotatable bonds is 3. The van der Waals surface area contributed by atoms with Gasteiger partial charge in [0.15, 0.2) is 12.1 Å². The Kier molecular flexibility index (Phi) is 8.59. The van der Waals surface area contributed by atoms with Crippen LogP contribution in [0.4, 0.5) is 0 Å². The van der Waals surface area contributed by atoms with E-state index in [1.54, 1.807) is 0 Å². The maximum atomic E-state index is 7.26. The summed E-state index contributed by atoms with van der Waals surface area (Å²) in [5.74, 6) is 0. The predicted octanol–water partition coefficient (Wildman–Crippen LogP) is 0.648. The van der Waals surface area contributed by atoms with Gasteiger partial charge in [0.05, 0.1) is 6.66 Å². The van der Waals surface area contributed by atoms with Gasteiger partial charge in [0.1, 0.15) is 23.2 Å². The zero-order valence-corrected chi connectivity index (χ0v) is 16.4. The molecule has 0 aromatic heterocycles. The van der Waals surface area contributed by atoms with E-state index in [2.05, 4.69) is 97.7 Å². The summed E-state index contributed by atoms with van der Waals surface area (Å²) in [6, 6.07) is 35.1. The average Bonchev–Trinajstić information content (AvgIpc) is 2.69. The van der Waals surface area contributed by atoms with Crippen LogP contribution in [-0.2, 0) is 0 Å². The average molecular weight is 409 g/mol. The van der Waals surface area contributed by atoms with Crippen LogP contribution in [0, 0.1) is 22.7 Å². The van der Waals surface area contributed by atoms with Crippen LogP contribution in [-0.4, -0.2) is 6.66 Å². The molecular weight excluding hydrogens is 391 g/mol. The highest BCUT2D eigenvalue weighted by molar-refractivity contribution is 7.95. The van der Waals surface area contributed by atoms with Crippen LogP contribution in [0.25, 0.3) is 0 Å². The first-order valence-electron chi connectivity index (χ1n) is 7.55. The van der Waals surface area contributed by atoms with Crippen molar-refractivity contribution in [1.29, 1.82) is 10.5 Å². The lowest BCUT2D eigenvalue weighted by molar-refractivity contribution is -0.00000524. The molecule has 3 rings (SSSR count). The van der Waals surface area contributed by atoms with Crippen molar-refractivity contribution in [2.75, 3.05) is 6.66 Å². The van der Waals surface area contributed by atoms with Crippen molar-refractivity contribution in [3.63, 3.8) is 0 Å². The summed E-state index contributed by atoms with van der Waals surface area (Å²) < 4.78 is 0. The molecule has 25 heavy (non-hydrogen) atoms. The van der Waals surface area contributed by atoms with E-state index in [0.29, 0.717) is 0 Å². The molecule has 124 valence electrons. The van der Waals surface area contributed by atoms with E-state index in [1.807, 2.05) is 0 Å². The van der Waals surface area contributed by atoms with Crippen LogP contribution in [0.1, 0.15) is 0 Å². The third kappa shape index (κ3) is 5.01. The standard InChI is InChI=1S/C19H18P.C2N2.BrH/c1-20(17-11-5-2-6-12-17,18-13-7-3-8-14-18)19-15-9-4-10-16-19;3-1-2-4;/h2-16H,1H3;;1H/q+1;;/p-1. The van der Waals surface area contributed by atoms with Gasteiger partial charge in [-0.2, -0.15) is 10.5 Å². The van der Waals surface area contributed by atoms with Crippen LogP contribution in [0.15, 0.2) is 91.0 Å². The van der Waals surface area contributed by atoms with E-state index < -0.39 is 7.26 Å². The number of benzene rings is 3. The van der Waals surface area contributed by atoms with Gasteiger partial charge in [-0.1, -0.05) is 54.6 Å². The van der Waals surface area contributed by atoms with E-state index >= 15 is 0 Å². The molecule has 0 bridgehead atoms. The van der Waals surface area contributed by atoms with Gasteiger partial charge in [-0.05, 0) is 36.4 Å². The molecule has 0 spiro atoms. The lowest BCUT2D eigenvalue weighted by Gasteiger charge is -2.22. The third-order valence-electron chi connectivity index (χ3n) is 3.87. The van der Waals surface area contributed by atoms with Gasteiger partial charge in [-0.25, -0.2) is 0 Å². The Morgan fingerprint density at radius 2 is 0.800 bits per heavy atom. The van der Waals surface area contributed by atoms with E-state index in [-0.39, 0.29) is 17.0 Å². The second-order valence-electron chi connectivity index (χ2n) is 5.24. The molecule has 0 saturated heterocycles. The van der Waals surface area contributed by atoms with Gasteiger partial charge in [0.2, 0.25) is 0 Å². The minimum atomic E-state index is -1.53. The van der Waals surface area contributed by atoms with Crippen molar-refractivity contribution in [2.45, 2.75) is 0 Å². The highest BCUT2D eigenvalue weighted by atomic mass is 79.9. The van der Waals surface area contributed by atoms with Crippen molar-refractivity contribution in [3.05, 3.63) is 91.0 Å². The van der Waals surface area contributed by atoms with Crippen LogP contribution < -0.4 is 32.9 Å². The van der Waals surface area contributed by atoms with E-state index in [9.17, 15) is 0 Å². The Morgan fingerprint density at radius 1 is 0.560 bits per heavy atom. The summed E-state index contributed by atoms with van der Waals surface area (Å²) in [7, 11) is -1.53. The first kappa shape index (κ1) is 20.6. The zero-order chi connectivity index (χ0) is 17.3. The van der Waals surface area contributed by atoms with Gasteiger partial charge >= 0.3 is 0 Å². The molecular formula is C21H18BrN2P. The van der Waals surface area contributed by atoms with Gasteiger partial charge in [0, 0.05) is 0 Å². The van der Waals surface area contributed by atoms with Crippen molar-refractivity contribution >= 4 is 23.2 Å². The second-order valence-corrected chi connectivity index (χ2v) is 8.80. The Labute approximate surface area is 160 Å². The summed E-state index contributed by atoms with van der Waals surface area (Å²) >= 11 is 0. The topological polar surface area (TPSA) is 47.6 Å². The molecule has 3 aromatic rings. The molecule has 0 fully saturated rings. The Hall–Kier alpha value is -2.45. The monoisotopic (exact) mass is 408 g/mol. The molecule has 0 radical (unpaired) electrons. The van der Waals surface area contributed by atoms with Gasteiger partial charge < -0.3 is 17.0 Å². The first-order chi connectivity index (χ1) is 11.7. The fraction of sp³-hybridized carbons (Fsp3) is 0.0476. The molecule has 3 aromatic carbocycles. The lowest BCUT2D eigenvalue weighted by Crippen LogP contribution is -3.00. The van der Waals surface area contributed by atoms with E-state index in [4.69, 9.17) is 10.5 Å². The van der Waals surface area contributed by atoms with Crippen LogP contribution in [0.5, 0.6) is 0 Å². The zero-order valence-electron chi connectivity index (χ0n) is 13.9. The molecule has 0 aliphatic rings.